The summed E-state index contributed by atoms with van der Waals surface area (Å²) < 4.78 is 24.5. The van der Waals surface area contributed by atoms with Crippen LogP contribution in [0.4, 0.5) is 0 Å². The minimum absolute atomic E-state index is 0.0419. The summed E-state index contributed by atoms with van der Waals surface area (Å²) in [5, 5.41) is 12.5. The zero-order valence-electron chi connectivity index (χ0n) is 11.9. The first-order valence-electron chi connectivity index (χ1n) is 7.30. The third-order valence-electron chi connectivity index (χ3n) is 4.27. The molecule has 0 aromatic carbocycles. The Balaban J connectivity index is 1.86. The molecule has 116 valence electrons. The van der Waals surface area contributed by atoms with E-state index in [0.29, 0.717) is 13.1 Å². The molecule has 1 aliphatic heterocycles. The molecule has 2 rings (SSSR count). The first kappa shape index (κ1) is 15.7. The molecule has 2 aliphatic rings. The predicted molar refractivity (Wildman–Crippen MR) is 75.5 cm³/mol. The van der Waals surface area contributed by atoms with Crippen molar-refractivity contribution in [3.05, 3.63) is 0 Å². The highest BCUT2D eigenvalue weighted by molar-refractivity contribution is 7.88. The number of amides is 1. The van der Waals surface area contributed by atoms with Gasteiger partial charge in [-0.1, -0.05) is 0 Å². The van der Waals surface area contributed by atoms with E-state index in [1.807, 2.05) is 0 Å². The SMILES string of the molecule is CS(=O)(=O)N1CCCC(C(=O)NC2CCC(O)CC2)C1. The van der Waals surface area contributed by atoms with Crippen LogP contribution in [-0.4, -0.2) is 55.2 Å². The molecule has 0 radical (unpaired) electrons. The van der Waals surface area contributed by atoms with E-state index in [9.17, 15) is 18.3 Å². The monoisotopic (exact) mass is 304 g/mol. The fraction of sp³-hybridized carbons (Fsp3) is 0.923. The number of piperidine rings is 1. The van der Waals surface area contributed by atoms with Crippen molar-refractivity contribution in [3.8, 4) is 0 Å². The lowest BCUT2D eigenvalue weighted by Crippen LogP contribution is -2.48. The normalized spacial score (nSPS) is 32.8. The van der Waals surface area contributed by atoms with Gasteiger partial charge >= 0.3 is 0 Å². The highest BCUT2D eigenvalue weighted by Crippen LogP contribution is 2.22. The lowest BCUT2D eigenvalue weighted by atomic mass is 9.92. The van der Waals surface area contributed by atoms with Crippen LogP contribution in [-0.2, 0) is 14.8 Å². The van der Waals surface area contributed by atoms with Crippen LogP contribution in [0.5, 0.6) is 0 Å². The molecule has 20 heavy (non-hydrogen) atoms. The number of aliphatic hydroxyl groups excluding tert-OH is 1. The standard InChI is InChI=1S/C13H24N2O4S/c1-20(18,19)15-8-2-3-10(9-15)13(17)14-11-4-6-12(16)7-5-11/h10-12,16H,2-9H2,1H3,(H,14,17). The van der Waals surface area contributed by atoms with Gasteiger partial charge in [-0.05, 0) is 38.5 Å². The van der Waals surface area contributed by atoms with E-state index in [2.05, 4.69) is 5.32 Å². The van der Waals surface area contributed by atoms with Crippen molar-refractivity contribution >= 4 is 15.9 Å². The van der Waals surface area contributed by atoms with Crippen molar-refractivity contribution in [1.29, 1.82) is 0 Å². The maximum absolute atomic E-state index is 12.2. The Hall–Kier alpha value is -0.660. The van der Waals surface area contributed by atoms with Gasteiger partial charge in [-0.2, -0.15) is 0 Å². The molecule has 1 saturated heterocycles. The van der Waals surface area contributed by atoms with Gasteiger partial charge in [-0.3, -0.25) is 4.79 Å². The smallest absolute Gasteiger partial charge is 0.224 e. The number of hydrogen-bond donors (Lipinski definition) is 2. The fourth-order valence-electron chi connectivity index (χ4n) is 3.00. The van der Waals surface area contributed by atoms with E-state index >= 15 is 0 Å². The molecule has 1 amide bonds. The topological polar surface area (TPSA) is 86.7 Å². The van der Waals surface area contributed by atoms with Gasteiger partial charge in [-0.15, -0.1) is 0 Å². The molecule has 1 saturated carbocycles. The average molecular weight is 304 g/mol. The van der Waals surface area contributed by atoms with Crippen molar-refractivity contribution in [2.75, 3.05) is 19.3 Å². The quantitative estimate of drug-likeness (QED) is 0.773. The van der Waals surface area contributed by atoms with Gasteiger partial charge in [-0.25, -0.2) is 12.7 Å². The summed E-state index contributed by atoms with van der Waals surface area (Å²) in [6, 6.07) is 0.125. The third-order valence-corrected chi connectivity index (χ3v) is 5.54. The second-order valence-electron chi connectivity index (χ2n) is 5.97. The second-order valence-corrected chi connectivity index (χ2v) is 7.96. The van der Waals surface area contributed by atoms with Crippen LogP contribution in [0.3, 0.4) is 0 Å². The summed E-state index contributed by atoms with van der Waals surface area (Å²) in [5.41, 5.74) is 0. The first-order valence-corrected chi connectivity index (χ1v) is 9.14. The average Bonchev–Trinajstić information content (AvgIpc) is 2.40. The van der Waals surface area contributed by atoms with Gasteiger partial charge in [0.05, 0.1) is 18.3 Å². The minimum atomic E-state index is -3.21. The lowest BCUT2D eigenvalue weighted by molar-refractivity contribution is -0.127. The van der Waals surface area contributed by atoms with E-state index in [-0.39, 0.29) is 24.0 Å². The molecule has 0 bridgehead atoms. The molecule has 2 N–H and O–H groups in total. The molecule has 0 spiro atoms. The highest BCUT2D eigenvalue weighted by Gasteiger charge is 2.31. The first-order chi connectivity index (χ1) is 9.36. The summed E-state index contributed by atoms with van der Waals surface area (Å²) in [6.45, 7) is 0.804. The highest BCUT2D eigenvalue weighted by atomic mass is 32.2. The van der Waals surface area contributed by atoms with Gasteiger partial charge in [0.1, 0.15) is 0 Å². The number of rotatable bonds is 3. The van der Waals surface area contributed by atoms with Gasteiger partial charge in [0.25, 0.3) is 0 Å². The Kier molecular flexibility index (Phi) is 5.04. The zero-order chi connectivity index (χ0) is 14.8. The second kappa shape index (κ2) is 6.41. The number of nitrogens with zero attached hydrogens (tertiary/aromatic N) is 1. The zero-order valence-corrected chi connectivity index (χ0v) is 12.7. The maximum Gasteiger partial charge on any atom is 0.224 e. The van der Waals surface area contributed by atoms with Crippen molar-refractivity contribution in [1.82, 2.24) is 9.62 Å². The summed E-state index contributed by atoms with van der Waals surface area (Å²) in [5.74, 6) is -0.287. The Morgan fingerprint density at radius 1 is 1.20 bits per heavy atom. The van der Waals surface area contributed by atoms with Gasteiger partial charge in [0.2, 0.25) is 15.9 Å². The molecule has 1 heterocycles. The van der Waals surface area contributed by atoms with Crippen LogP contribution >= 0.6 is 0 Å². The summed E-state index contributed by atoms with van der Waals surface area (Å²) in [7, 11) is -3.21. The van der Waals surface area contributed by atoms with Crippen LogP contribution in [0.1, 0.15) is 38.5 Å². The molecule has 0 aromatic heterocycles. The molecule has 1 aliphatic carbocycles. The van der Waals surface area contributed by atoms with Gasteiger partial charge < -0.3 is 10.4 Å². The van der Waals surface area contributed by atoms with Crippen LogP contribution in [0, 0.1) is 5.92 Å². The maximum atomic E-state index is 12.2. The number of nitrogens with one attached hydrogen (secondary N) is 1. The molecule has 7 heteroatoms. The van der Waals surface area contributed by atoms with E-state index < -0.39 is 10.0 Å². The van der Waals surface area contributed by atoms with Crippen molar-refractivity contribution < 1.29 is 18.3 Å². The van der Waals surface area contributed by atoms with Crippen molar-refractivity contribution in [2.24, 2.45) is 5.92 Å². The van der Waals surface area contributed by atoms with Crippen LogP contribution < -0.4 is 5.32 Å². The summed E-state index contributed by atoms with van der Waals surface area (Å²) in [6.07, 6.45) is 5.48. The minimum Gasteiger partial charge on any atom is -0.393 e. The Morgan fingerprint density at radius 3 is 2.45 bits per heavy atom. The number of carbonyl (C=O) groups is 1. The summed E-state index contributed by atoms with van der Waals surface area (Å²) >= 11 is 0. The molecule has 0 aromatic rings. The molecule has 1 unspecified atom stereocenters. The van der Waals surface area contributed by atoms with E-state index in [4.69, 9.17) is 0 Å². The van der Waals surface area contributed by atoms with Crippen molar-refractivity contribution in [3.63, 3.8) is 0 Å². The van der Waals surface area contributed by atoms with Crippen molar-refractivity contribution in [2.45, 2.75) is 50.7 Å². The number of carbonyl (C=O) groups excluding carboxylic acids is 1. The van der Waals surface area contributed by atoms with E-state index in [1.54, 1.807) is 0 Å². The third kappa shape index (κ3) is 4.17. The lowest BCUT2D eigenvalue weighted by Gasteiger charge is -2.32. The Morgan fingerprint density at radius 2 is 1.85 bits per heavy atom. The molecular formula is C13H24N2O4S. The molecule has 6 nitrogen and oxygen atoms in total. The van der Waals surface area contributed by atoms with E-state index in [0.717, 1.165) is 38.5 Å². The molecule has 1 atom stereocenters. The number of sulfonamides is 1. The fourth-order valence-corrected chi connectivity index (χ4v) is 3.91. The predicted octanol–water partition coefficient (Wildman–Crippen LogP) is 0.0777. The molecular weight excluding hydrogens is 280 g/mol. The van der Waals surface area contributed by atoms with Crippen LogP contribution in [0.25, 0.3) is 0 Å². The number of aliphatic hydroxyl groups is 1. The largest absolute Gasteiger partial charge is 0.393 e. The Bertz CT molecular complexity index is 443. The van der Waals surface area contributed by atoms with Gasteiger partial charge in [0, 0.05) is 19.1 Å². The molecule has 2 fully saturated rings. The Labute approximate surface area is 120 Å². The van der Waals surface area contributed by atoms with Crippen LogP contribution in [0.15, 0.2) is 0 Å². The number of hydrogen-bond acceptors (Lipinski definition) is 4. The van der Waals surface area contributed by atoms with Crippen LogP contribution in [0.2, 0.25) is 0 Å². The van der Waals surface area contributed by atoms with E-state index in [1.165, 1.54) is 10.6 Å². The summed E-state index contributed by atoms with van der Waals surface area (Å²) in [4.78, 5) is 12.2. The van der Waals surface area contributed by atoms with Gasteiger partial charge in [0.15, 0.2) is 0 Å².